The zero-order chi connectivity index (χ0) is 15.6. The highest BCUT2D eigenvalue weighted by Crippen LogP contribution is 2.18. The minimum absolute atomic E-state index is 0.0783. The molecule has 0 saturated carbocycles. The number of fused-ring (bicyclic) bond motifs is 1. The number of rotatable bonds is 3. The summed E-state index contributed by atoms with van der Waals surface area (Å²) in [7, 11) is -2.96. The predicted octanol–water partition coefficient (Wildman–Crippen LogP) is 0.972. The van der Waals surface area contributed by atoms with Crippen molar-refractivity contribution < 1.29 is 17.9 Å². The molecule has 0 aromatic carbocycles. The van der Waals surface area contributed by atoms with Crippen molar-refractivity contribution in [3.63, 3.8) is 0 Å². The van der Waals surface area contributed by atoms with Crippen molar-refractivity contribution in [3.05, 3.63) is 0 Å². The number of carbonyl (C=O) groups is 1. The highest BCUT2D eigenvalue weighted by molar-refractivity contribution is 7.91. The topological polar surface area (TPSA) is 66.9 Å². The fourth-order valence-corrected chi connectivity index (χ4v) is 4.68. The smallest absolute Gasteiger partial charge is 0.410 e. The minimum atomic E-state index is -2.96. The first-order chi connectivity index (χ1) is 9.77. The molecule has 0 bridgehead atoms. The number of hydrogen-bond acceptors (Lipinski definition) is 5. The first-order valence-corrected chi connectivity index (χ1v) is 9.49. The summed E-state index contributed by atoms with van der Waals surface area (Å²) < 4.78 is 28.9. The van der Waals surface area contributed by atoms with E-state index in [1.54, 1.807) is 4.90 Å². The van der Waals surface area contributed by atoms with Crippen molar-refractivity contribution in [2.24, 2.45) is 5.92 Å². The quantitative estimate of drug-likeness (QED) is 0.776. The van der Waals surface area contributed by atoms with Crippen molar-refractivity contribution in [2.75, 3.05) is 37.7 Å². The summed E-state index contributed by atoms with van der Waals surface area (Å²) in [5.74, 6) is 0.866. The van der Waals surface area contributed by atoms with E-state index in [4.69, 9.17) is 4.74 Å². The first-order valence-electron chi connectivity index (χ1n) is 7.67. The van der Waals surface area contributed by atoms with Gasteiger partial charge >= 0.3 is 6.09 Å². The molecule has 2 aliphatic heterocycles. The van der Waals surface area contributed by atoms with Crippen molar-refractivity contribution in [1.82, 2.24) is 9.80 Å². The molecular weight excluding hydrogens is 292 g/mol. The van der Waals surface area contributed by atoms with Crippen LogP contribution in [0.25, 0.3) is 0 Å². The van der Waals surface area contributed by atoms with E-state index >= 15 is 0 Å². The van der Waals surface area contributed by atoms with E-state index in [0.717, 1.165) is 13.0 Å². The van der Waals surface area contributed by atoms with Gasteiger partial charge in [0, 0.05) is 32.2 Å². The van der Waals surface area contributed by atoms with E-state index in [1.165, 1.54) is 0 Å². The van der Waals surface area contributed by atoms with Gasteiger partial charge in [0.15, 0.2) is 9.84 Å². The summed E-state index contributed by atoms with van der Waals surface area (Å²) >= 11 is 0. The van der Waals surface area contributed by atoms with Gasteiger partial charge in [-0.2, -0.15) is 0 Å². The van der Waals surface area contributed by atoms with Gasteiger partial charge in [-0.3, -0.25) is 4.90 Å². The van der Waals surface area contributed by atoms with Crippen LogP contribution in [0.2, 0.25) is 0 Å². The summed E-state index contributed by atoms with van der Waals surface area (Å²) in [6.07, 6.45) is 0.417. The third-order valence-electron chi connectivity index (χ3n) is 4.10. The number of carbonyl (C=O) groups excluding carboxylic acids is 1. The fourth-order valence-electron chi connectivity index (χ4n) is 3.10. The molecule has 0 aromatic heterocycles. The Kier molecular flexibility index (Phi) is 5.14. The van der Waals surface area contributed by atoms with Gasteiger partial charge in [-0.15, -0.1) is 0 Å². The molecule has 0 radical (unpaired) electrons. The van der Waals surface area contributed by atoms with Gasteiger partial charge in [-0.25, -0.2) is 13.2 Å². The lowest BCUT2D eigenvalue weighted by atomic mass is 10.1. The van der Waals surface area contributed by atoms with Crippen molar-refractivity contribution in [1.29, 1.82) is 0 Å². The number of amides is 1. The lowest BCUT2D eigenvalue weighted by Crippen LogP contribution is -2.60. The number of ether oxygens (including phenoxy) is 1. The molecule has 21 heavy (non-hydrogen) atoms. The maximum absolute atomic E-state index is 12.2. The number of piperazine rings is 1. The Morgan fingerprint density at radius 2 is 1.95 bits per heavy atom. The lowest BCUT2D eigenvalue weighted by molar-refractivity contribution is 0.0325. The normalized spacial score (nSPS) is 27.2. The van der Waals surface area contributed by atoms with Crippen molar-refractivity contribution >= 4 is 15.9 Å². The van der Waals surface area contributed by atoms with Gasteiger partial charge in [0.1, 0.15) is 6.10 Å². The van der Waals surface area contributed by atoms with Gasteiger partial charge in [0.2, 0.25) is 0 Å². The molecule has 2 aliphatic rings. The summed E-state index contributed by atoms with van der Waals surface area (Å²) in [5, 5.41) is 0. The Hall–Kier alpha value is -0.820. The number of sulfone groups is 1. The molecule has 2 rings (SSSR count). The molecular formula is C14H26N2O4S. The average Bonchev–Trinajstić information content (AvgIpc) is 2.35. The van der Waals surface area contributed by atoms with Crippen LogP contribution in [0.3, 0.4) is 0 Å². The van der Waals surface area contributed by atoms with Gasteiger partial charge in [-0.1, -0.05) is 13.8 Å². The predicted molar refractivity (Wildman–Crippen MR) is 81.0 cm³/mol. The largest absolute Gasteiger partial charge is 0.446 e. The zero-order valence-corrected chi connectivity index (χ0v) is 13.9. The second-order valence-corrected chi connectivity index (χ2v) is 8.80. The molecule has 6 nitrogen and oxygen atoms in total. The van der Waals surface area contributed by atoms with E-state index < -0.39 is 9.84 Å². The number of nitrogens with zero attached hydrogens (tertiary/aromatic N) is 2. The third-order valence-corrected chi connectivity index (χ3v) is 5.80. The first kappa shape index (κ1) is 16.5. The highest BCUT2D eigenvalue weighted by Gasteiger charge is 2.37. The van der Waals surface area contributed by atoms with Gasteiger partial charge in [0.25, 0.3) is 0 Å². The summed E-state index contributed by atoms with van der Waals surface area (Å²) in [5.41, 5.74) is 0. The molecule has 122 valence electrons. The molecule has 2 heterocycles. The van der Waals surface area contributed by atoms with Gasteiger partial charge in [0.05, 0.1) is 11.5 Å². The highest BCUT2D eigenvalue weighted by atomic mass is 32.2. The SMILES string of the molecule is CC(C)CC(C)OC(=O)N1CCN2CCS(=O)(=O)CC2C1. The molecule has 2 fully saturated rings. The molecule has 2 unspecified atom stereocenters. The Morgan fingerprint density at radius 3 is 2.62 bits per heavy atom. The van der Waals surface area contributed by atoms with Crippen molar-refractivity contribution in [2.45, 2.75) is 39.3 Å². The third kappa shape index (κ3) is 4.57. The second kappa shape index (κ2) is 6.52. The van der Waals surface area contributed by atoms with E-state index in [9.17, 15) is 13.2 Å². The van der Waals surface area contributed by atoms with E-state index in [0.29, 0.717) is 25.6 Å². The molecule has 0 aliphatic carbocycles. The van der Waals surface area contributed by atoms with E-state index in [-0.39, 0.29) is 29.7 Å². The van der Waals surface area contributed by atoms with Gasteiger partial charge < -0.3 is 9.64 Å². The Balaban J connectivity index is 1.89. The Labute approximate surface area is 127 Å². The zero-order valence-electron chi connectivity index (χ0n) is 13.1. The molecule has 0 aromatic rings. The van der Waals surface area contributed by atoms with Crippen LogP contribution in [0.5, 0.6) is 0 Å². The maximum Gasteiger partial charge on any atom is 0.410 e. The molecule has 0 spiro atoms. The maximum atomic E-state index is 12.2. The fraction of sp³-hybridized carbons (Fsp3) is 0.929. The van der Waals surface area contributed by atoms with Crippen LogP contribution < -0.4 is 0 Å². The molecule has 0 N–H and O–H groups in total. The molecule has 7 heteroatoms. The molecule has 2 atom stereocenters. The summed E-state index contributed by atoms with van der Waals surface area (Å²) in [6, 6.07) is -0.0783. The van der Waals surface area contributed by atoms with Crippen LogP contribution in [-0.4, -0.2) is 74.1 Å². The summed E-state index contributed by atoms with van der Waals surface area (Å²) in [6.45, 7) is 8.47. The second-order valence-electron chi connectivity index (χ2n) is 6.57. The molecule has 2 saturated heterocycles. The Bertz CT molecular complexity index is 477. The van der Waals surface area contributed by atoms with Crippen molar-refractivity contribution in [3.8, 4) is 0 Å². The number of hydrogen-bond donors (Lipinski definition) is 0. The van der Waals surface area contributed by atoms with Crippen LogP contribution in [-0.2, 0) is 14.6 Å². The van der Waals surface area contributed by atoms with Crippen LogP contribution in [0.4, 0.5) is 4.79 Å². The Morgan fingerprint density at radius 1 is 1.24 bits per heavy atom. The standard InChI is InChI=1S/C14H26N2O4S/c1-11(2)8-12(3)20-14(17)16-5-4-15-6-7-21(18,19)10-13(15)9-16/h11-13H,4-10H2,1-3H3. The van der Waals surface area contributed by atoms with E-state index in [1.807, 2.05) is 6.92 Å². The van der Waals surface area contributed by atoms with Gasteiger partial charge in [-0.05, 0) is 19.3 Å². The lowest BCUT2D eigenvalue weighted by Gasteiger charge is -2.43. The molecule has 1 amide bonds. The average molecular weight is 318 g/mol. The minimum Gasteiger partial charge on any atom is -0.446 e. The van der Waals surface area contributed by atoms with Crippen LogP contribution in [0.1, 0.15) is 27.2 Å². The van der Waals surface area contributed by atoms with Crippen LogP contribution in [0.15, 0.2) is 0 Å². The van der Waals surface area contributed by atoms with E-state index in [2.05, 4.69) is 18.7 Å². The van der Waals surface area contributed by atoms with Crippen LogP contribution in [0, 0.1) is 5.92 Å². The van der Waals surface area contributed by atoms with Crippen LogP contribution >= 0.6 is 0 Å². The monoisotopic (exact) mass is 318 g/mol. The summed E-state index contributed by atoms with van der Waals surface area (Å²) in [4.78, 5) is 16.0.